The Morgan fingerprint density at radius 3 is 2.47 bits per heavy atom. The summed E-state index contributed by atoms with van der Waals surface area (Å²) >= 11 is 0. The first-order chi connectivity index (χ1) is 33.1. The molecule has 0 bridgehead atoms. The van der Waals surface area contributed by atoms with E-state index in [0.29, 0.717) is 54.5 Å². The van der Waals surface area contributed by atoms with Crippen LogP contribution in [0.2, 0.25) is 0 Å². The van der Waals surface area contributed by atoms with Crippen LogP contribution in [0.5, 0.6) is 0 Å². The van der Waals surface area contributed by atoms with Gasteiger partial charge in [-0.2, -0.15) is 0 Å². The van der Waals surface area contributed by atoms with Crippen LogP contribution in [0, 0.1) is 5.92 Å². The third-order valence-electron chi connectivity index (χ3n) is 14.4. The highest BCUT2D eigenvalue weighted by molar-refractivity contribution is 6.05. The number of piperazine rings is 1. The summed E-state index contributed by atoms with van der Waals surface area (Å²) in [6.45, 7) is 9.42. The molecule has 4 amide bonds. The van der Waals surface area contributed by atoms with Crippen molar-refractivity contribution < 1.29 is 24.0 Å². The van der Waals surface area contributed by atoms with Crippen LogP contribution in [0.15, 0.2) is 85.3 Å². The number of carbonyl (C=O) groups excluding carboxylic acids is 5. The minimum atomic E-state index is -0.604. The number of hydrogen-bond donors (Lipinski definition) is 2. The molecule has 6 heterocycles. The van der Waals surface area contributed by atoms with E-state index in [2.05, 4.69) is 59.7 Å². The number of Topliss-reactive ketones (excluding diaryl/α,β-unsaturated/α-hetero) is 1. The van der Waals surface area contributed by atoms with Gasteiger partial charge in [0.05, 0.1) is 6.54 Å². The third-order valence-corrected chi connectivity index (χ3v) is 14.4. The van der Waals surface area contributed by atoms with Gasteiger partial charge in [0, 0.05) is 100.0 Å². The summed E-state index contributed by atoms with van der Waals surface area (Å²) in [7, 11) is 1.90. The van der Waals surface area contributed by atoms with Crippen LogP contribution in [0.1, 0.15) is 119 Å². The first-order valence-corrected chi connectivity index (χ1v) is 24.2. The molecule has 4 aliphatic heterocycles. The van der Waals surface area contributed by atoms with Crippen LogP contribution in [0.4, 0.5) is 11.4 Å². The molecule has 0 spiro atoms. The molecule has 0 saturated carbocycles. The zero-order valence-electron chi connectivity index (χ0n) is 39.1. The summed E-state index contributed by atoms with van der Waals surface area (Å²) in [4.78, 5) is 81.0. The third kappa shape index (κ3) is 10.6. The van der Waals surface area contributed by atoms with Gasteiger partial charge in [-0.1, -0.05) is 31.2 Å². The van der Waals surface area contributed by atoms with Crippen molar-refractivity contribution in [1.29, 1.82) is 0 Å². The van der Waals surface area contributed by atoms with Gasteiger partial charge in [0.1, 0.15) is 18.1 Å². The second-order valence-corrected chi connectivity index (χ2v) is 18.8. The fourth-order valence-electron chi connectivity index (χ4n) is 10.2. The first-order valence-electron chi connectivity index (χ1n) is 24.2. The number of carbonyl (C=O) groups is 5. The lowest BCUT2D eigenvalue weighted by Gasteiger charge is -2.37. The van der Waals surface area contributed by atoms with E-state index in [-0.39, 0.29) is 41.8 Å². The fourth-order valence-corrected chi connectivity index (χ4v) is 10.2. The van der Waals surface area contributed by atoms with E-state index in [1.54, 1.807) is 17.2 Å². The summed E-state index contributed by atoms with van der Waals surface area (Å²) < 4.78 is 1.89. The Labute approximate surface area is 397 Å². The molecule has 2 aromatic heterocycles. The highest BCUT2D eigenvalue weighted by atomic mass is 16.2. The molecule has 9 rings (SSSR count). The number of piperidine rings is 2. The van der Waals surface area contributed by atoms with Crippen molar-refractivity contribution in [3.05, 3.63) is 119 Å². The second kappa shape index (κ2) is 21.0. The molecule has 0 aliphatic carbocycles. The van der Waals surface area contributed by atoms with Crippen molar-refractivity contribution in [2.75, 3.05) is 56.0 Å². The Bertz CT molecular complexity index is 2640. The zero-order chi connectivity index (χ0) is 47.1. The largest absolute Gasteiger partial charge is 0.378 e. The van der Waals surface area contributed by atoms with Gasteiger partial charge in [-0.05, 0) is 123 Å². The summed E-state index contributed by atoms with van der Waals surface area (Å²) in [5.74, 6) is 1.63. The molecule has 68 heavy (non-hydrogen) atoms. The Morgan fingerprint density at radius 2 is 1.68 bits per heavy atom. The van der Waals surface area contributed by atoms with Crippen LogP contribution < -0.4 is 15.5 Å². The number of rotatable bonds is 17. The molecule has 4 aliphatic rings. The Balaban J connectivity index is 0.664. The molecule has 16 heteroatoms. The van der Waals surface area contributed by atoms with Gasteiger partial charge in [-0.15, -0.1) is 10.2 Å². The summed E-state index contributed by atoms with van der Waals surface area (Å²) in [5.41, 5.74) is 6.75. The van der Waals surface area contributed by atoms with Crippen molar-refractivity contribution in [3.63, 3.8) is 0 Å². The molecule has 3 saturated heterocycles. The SMILES string of the molecule is CC(CCCC(=O)c1cccc(NCc2nnc(-c3ccncn3)n2C)c1)c1cccc(C(=O)N2CCC(CCCN3CCN(c4ccc5c(c4)CN(C4CCC(=O)NC4=O)C5=O)CC3)CC2)c1. The number of nitrogens with one attached hydrogen (secondary N) is 2. The highest BCUT2D eigenvalue weighted by Gasteiger charge is 2.39. The lowest BCUT2D eigenvalue weighted by Crippen LogP contribution is -2.52. The number of ketones is 1. The lowest BCUT2D eigenvalue weighted by molar-refractivity contribution is -0.136. The van der Waals surface area contributed by atoms with Crippen molar-refractivity contribution in [1.82, 2.24) is 44.7 Å². The summed E-state index contributed by atoms with van der Waals surface area (Å²) in [6, 6.07) is 22.8. The molecular weight excluding hydrogens is 859 g/mol. The molecule has 3 fully saturated rings. The molecule has 2 unspecified atom stereocenters. The van der Waals surface area contributed by atoms with E-state index >= 15 is 0 Å². The normalized spacial score (nSPS) is 18.4. The van der Waals surface area contributed by atoms with Gasteiger partial charge < -0.3 is 24.6 Å². The molecule has 5 aromatic rings. The number of anilines is 2. The molecule has 0 radical (unpaired) electrons. The predicted molar refractivity (Wildman–Crippen MR) is 258 cm³/mol. The standard InChI is InChI=1S/C52H61N11O5/c1-35(7-3-13-46(64)38-10-5-12-41(30-38)54-32-47-57-58-49(59(47)2)44-18-21-53-34-55-44)37-9-4-11-39(29-37)51(67)62-23-19-36(20-24-62)8-6-22-60-25-27-61(28-26-60)42-14-15-43-40(31-42)33-63(52(43)68)45-16-17-48(65)56-50(45)66/h4-5,9-12,14-15,18,21,29-31,34-36,45,54H,3,6-8,13,16-17,19-20,22-28,32-33H2,1-2H3,(H,56,65,66). The van der Waals surface area contributed by atoms with Crippen molar-refractivity contribution >= 4 is 40.8 Å². The Morgan fingerprint density at radius 1 is 0.868 bits per heavy atom. The fraction of sp³-hybridized carbons (Fsp3) is 0.442. The Hall–Kier alpha value is -6.81. The monoisotopic (exact) mass is 919 g/mol. The zero-order valence-corrected chi connectivity index (χ0v) is 39.1. The van der Waals surface area contributed by atoms with Crippen LogP contribution in [-0.2, 0) is 29.7 Å². The van der Waals surface area contributed by atoms with Crippen LogP contribution in [-0.4, -0.2) is 121 Å². The first kappa shape index (κ1) is 46.3. The van der Waals surface area contributed by atoms with Crippen molar-refractivity contribution in [2.24, 2.45) is 13.0 Å². The molecule has 3 aromatic carbocycles. The number of benzene rings is 3. The van der Waals surface area contributed by atoms with E-state index in [1.165, 1.54) is 12.7 Å². The molecule has 16 nitrogen and oxygen atoms in total. The number of aromatic nitrogens is 5. The number of fused-ring (bicyclic) bond motifs is 1. The average molecular weight is 920 g/mol. The molecule has 2 atom stereocenters. The van der Waals surface area contributed by atoms with Gasteiger partial charge in [-0.3, -0.25) is 34.2 Å². The van der Waals surface area contributed by atoms with E-state index in [4.69, 9.17) is 0 Å². The maximum Gasteiger partial charge on any atom is 0.255 e. The maximum absolute atomic E-state index is 13.7. The van der Waals surface area contributed by atoms with E-state index < -0.39 is 6.04 Å². The van der Waals surface area contributed by atoms with Gasteiger partial charge in [0.25, 0.3) is 11.8 Å². The minimum absolute atomic E-state index is 0.103. The van der Waals surface area contributed by atoms with Crippen LogP contribution in [0.3, 0.4) is 0 Å². The Kier molecular flexibility index (Phi) is 14.3. The smallest absolute Gasteiger partial charge is 0.255 e. The number of hydrogen-bond acceptors (Lipinski definition) is 12. The van der Waals surface area contributed by atoms with E-state index in [1.807, 2.05) is 71.1 Å². The van der Waals surface area contributed by atoms with E-state index in [9.17, 15) is 24.0 Å². The second-order valence-electron chi connectivity index (χ2n) is 18.8. The van der Waals surface area contributed by atoms with Crippen molar-refractivity contribution in [3.8, 4) is 11.5 Å². The van der Waals surface area contributed by atoms with Gasteiger partial charge >= 0.3 is 0 Å². The lowest BCUT2D eigenvalue weighted by atomic mass is 9.91. The molecule has 354 valence electrons. The van der Waals surface area contributed by atoms with Gasteiger partial charge in [0.2, 0.25) is 11.8 Å². The van der Waals surface area contributed by atoms with Crippen LogP contribution >= 0.6 is 0 Å². The molecule has 2 N–H and O–H groups in total. The van der Waals surface area contributed by atoms with Gasteiger partial charge in [0.15, 0.2) is 17.4 Å². The topological polar surface area (TPSA) is 179 Å². The van der Waals surface area contributed by atoms with Crippen molar-refractivity contribution in [2.45, 2.75) is 89.8 Å². The van der Waals surface area contributed by atoms with Gasteiger partial charge in [-0.25, -0.2) is 9.97 Å². The van der Waals surface area contributed by atoms with Crippen LogP contribution in [0.25, 0.3) is 11.5 Å². The quantitative estimate of drug-likeness (QED) is 0.0792. The van der Waals surface area contributed by atoms with E-state index in [0.717, 1.165) is 112 Å². The number of nitrogens with zero attached hydrogens (tertiary/aromatic N) is 9. The number of likely N-dealkylation sites (tertiary alicyclic amines) is 1. The maximum atomic E-state index is 13.7. The highest BCUT2D eigenvalue weighted by Crippen LogP contribution is 2.32. The number of amides is 4. The number of imide groups is 1. The molecular formula is C52H61N11O5. The minimum Gasteiger partial charge on any atom is -0.378 e. The predicted octanol–water partition coefficient (Wildman–Crippen LogP) is 6.26. The summed E-state index contributed by atoms with van der Waals surface area (Å²) in [6.07, 6.45) is 10.2. The summed E-state index contributed by atoms with van der Waals surface area (Å²) in [5, 5.41) is 14.4. The average Bonchev–Trinajstić information content (AvgIpc) is 3.91.